The van der Waals surface area contributed by atoms with Crippen LogP contribution in [0.15, 0.2) is 60.8 Å². The number of aryl methyl sites for hydroxylation is 3. The molecule has 36 heavy (non-hydrogen) atoms. The molecule has 0 fully saturated rings. The van der Waals surface area contributed by atoms with E-state index in [1.165, 1.54) is 4.90 Å². The average Bonchev–Trinajstić information content (AvgIpc) is 3.27. The third-order valence-electron chi connectivity index (χ3n) is 6.21. The summed E-state index contributed by atoms with van der Waals surface area (Å²) in [6.45, 7) is 7.54. The minimum Gasteiger partial charge on any atom is -0.482 e. The van der Waals surface area contributed by atoms with Crippen molar-refractivity contribution in [3.05, 3.63) is 76.8 Å². The molecule has 2 aromatic carbocycles. The maximum atomic E-state index is 13.2. The molecule has 1 N–H and O–H groups in total. The van der Waals surface area contributed by atoms with Gasteiger partial charge in [-0.05, 0) is 75.2 Å². The van der Waals surface area contributed by atoms with Crippen molar-refractivity contribution in [1.82, 2.24) is 9.97 Å². The second-order valence-corrected chi connectivity index (χ2v) is 10.1. The summed E-state index contributed by atoms with van der Waals surface area (Å²) in [5.41, 5.74) is 5.76. The first-order valence-electron chi connectivity index (χ1n) is 11.7. The molecule has 182 valence electrons. The summed E-state index contributed by atoms with van der Waals surface area (Å²) in [6, 6.07) is 16.5. The Hall–Kier alpha value is -4.04. The molecule has 0 bridgehead atoms. The number of amides is 2. The third kappa shape index (κ3) is 4.47. The minimum absolute atomic E-state index is 0.118. The highest BCUT2D eigenvalue weighted by Crippen LogP contribution is 2.39. The average molecular weight is 499 g/mol. The number of carbonyl (C=O) groups excluding carboxylic acids is 2. The quantitative estimate of drug-likeness (QED) is 0.390. The van der Waals surface area contributed by atoms with Crippen molar-refractivity contribution in [2.45, 2.75) is 33.7 Å². The summed E-state index contributed by atoms with van der Waals surface area (Å²) < 4.78 is 5.69. The number of hydrogen-bond donors (Lipinski definition) is 1. The van der Waals surface area contributed by atoms with Gasteiger partial charge in [0.1, 0.15) is 16.8 Å². The highest BCUT2D eigenvalue weighted by Gasteiger charge is 2.34. The van der Waals surface area contributed by atoms with Crippen LogP contribution in [0.5, 0.6) is 5.75 Å². The molecule has 3 heterocycles. The van der Waals surface area contributed by atoms with E-state index in [0.29, 0.717) is 11.4 Å². The number of carbonyl (C=O) groups is 2. The maximum absolute atomic E-state index is 13.2. The molecule has 5 rings (SSSR count). The number of fused-ring (bicyclic) bond motifs is 1. The second-order valence-electron chi connectivity index (χ2n) is 8.86. The number of nitrogens with zero attached hydrogens (tertiary/aromatic N) is 3. The normalized spacial score (nSPS) is 13.7. The van der Waals surface area contributed by atoms with Gasteiger partial charge in [-0.25, -0.2) is 4.98 Å². The van der Waals surface area contributed by atoms with Gasteiger partial charge >= 0.3 is 0 Å². The van der Waals surface area contributed by atoms with Crippen molar-refractivity contribution in [2.75, 3.05) is 16.8 Å². The summed E-state index contributed by atoms with van der Waals surface area (Å²) in [5, 5.41) is 3.81. The van der Waals surface area contributed by atoms with Crippen molar-refractivity contribution < 1.29 is 14.3 Å². The lowest BCUT2D eigenvalue weighted by Gasteiger charge is -2.33. The Labute approximate surface area is 213 Å². The molecule has 8 heteroatoms. The van der Waals surface area contributed by atoms with Crippen molar-refractivity contribution in [3.63, 3.8) is 0 Å². The molecule has 1 atom stereocenters. The number of nitrogens with one attached hydrogen (secondary N) is 1. The first kappa shape index (κ1) is 23.7. The topological polar surface area (TPSA) is 84.4 Å². The zero-order chi connectivity index (χ0) is 25.4. The van der Waals surface area contributed by atoms with Gasteiger partial charge in [-0.2, -0.15) is 0 Å². The highest BCUT2D eigenvalue weighted by atomic mass is 32.1. The number of aromatic nitrogens is 2. The van der Waals surface area contributed by atoms with Crippen LogP contribution < -0.4 is 15.0 Å². The number of rotatable bonds is 5. The van der Waals surface area contributed by atoms with Crippen LogP contribution in [-0.2, 0) is 9.59 Å². The van der Waals surface area contributed by atoms with Gasteiger partial charge < -0.3 is 10.1 Å². The van der Waals surface area contributed by atoms with Crippen LogP contribution in [0.1, 0.15) is 22.9 Å². The lowest BCUT2D eigenvalue weighted by Crippen LogP contribution is -2.49. The predicted octanol–water partition coefficient (Wildman–Crippen LogP) is 5.55. The molecule has 0 radical (unpaired) electrons. The Morgan fingerprint density at radius 1 is 1.11 bits per heavy atom. The molecule has 1 unspecified atom stereocenters. The summed E-state index contributed by atoms with van der Waals surface area (Å²) in [4.78, 5) is 38.0. The highest BCUT2D eigenvalue weighted by molar-refractivity contribution is 7.15. The van der Waals surface area contributed by atoms with Gasteiger partial charge in [0.25, 0.3) is 5.91 Å². The summed E-state index contributed by atoms with van der Waals surface area (Å²) in [7, 11) is 0. The Kier molecular flexibility index (Phi) is 6.28. The molecule has 0 spiro atoms. The van der Waals surface area contributed by atoms with Gasteiger partial charge in [-0.3, -0.25) is 19.5 Å². The van der Waals surface area contributed by atoms with E-state index in [9.17, 15) is 9.59 Å². The lowest BCUT2D eigenvalue weighted by atomic mass is 10.1. The van der Waals surface area contributed by atoms with Gasteiger partial charge in [0.2, 0.25) is 5.91 Å². The second kappa shape index (κ2) is 9.54. The van der Waals surface area contributed by atoms with E-state index in [-0.39, 0.29) is 18.4 Å². The van der Waals surface area contributed by atoms with E-state index >= 15 is 0 Å². The van der Waals surface area contributed by atoms with Gasteiger partial charge in [0.15, 0.2) is 6.61 Å². The molecule has 0 saturated heterocycles. The Morgan fingerprint density at radius 3 is 2.72 bits per heavy atom. The van der Waals surface area contributed by atoms with Crippen LogP contribution in [-0.4, -0.2) is 34.4 Å². The van der Waals surface area contributed by atoms with Crippen LogP contribution in [0.3, 0.4) is 0 Å². The smallest absolute Gasteiger partial charge is 0.265 e. The molecule has 0 saturated carbocycles. The van der Waals surface area contributed by atoms with E-state index in [1.54, 1.807) is 24.5 Å². The fourth-order valence-electron chi connectivity index (χ4n) is 4.23. The molecule has 2 aromatic heterocycles. The monoisotopic (exact) mass is 498 g/mol. The molecular weight excluding hydrogens is 472 g/mol. The summed E-state index contributed by atoms with van der Waals surface area (Å²) in [5.74, 6) is 0.0209. The van der Waals surface area contributed by atoms with E-state index in [4.69, 9.17) is 9.72 Å². The largest absolute Gasteiger partial charge is 0.482 e. The van der Waals surface area contributed by atoms with E-state index < -0.39 is 6.04 Å². The molecular formula is C28H26N4O3S. The Balaban J connectivity index is 1.48. The first-order valence-corrected chi connectivity index (χ1v) is 12.5. The van der Waals surface area contributed by atoms with Crippen molar-refractivity contribution in [1.29, 1.82) is 0 Å². The van der Waals surface area contributed by atoms with Crippen molar-refractivity contribution >= 4 is 34.5 Å². The molecule has 0 aliphatic carbocycles. The number of ether oxygens (including phenoxy) is 1. The molecule has 7 nitrogen and oxygen atoms in total. The number of benzene rings is 2. The standard InChI is InChI=1S/C28H26N4O3S/c1-16-8-9-17(2)22(13-16)30-27(34)18(3)32-23-14-20(10-11-24(23)35-15-25(32)33)26-19(4)36-28(31-26)21-7-5-6-12-29-21/h5-14,18H,15H2,1-4H3,(H,30,34). The van der Waals surface area contributed by atoms with Crippen LogP contribution in [0.4, 0.5) is 11.4 Å². The van der Waals surface area contributed by atoms with Crippen LogP contribution in [0.25, 0.3) is 22.0 Å². The van der Waals surface area contributed by atoms with Gasteiger partial charge in [-0.15, -0.1) is 11.3 Å². The van der Waals surface area contributed by atoms with E-state index in [0.717, 1.165) is 43.7 Å². The first-order chi connectivity index (χ1) is 17.3. The SMILES string of the molecule is Cc1ccc(C)c(NC(=O)C(C)N2C(=O)COc3ccc(-c4nc(-c5ccccn5)sc4C)cc32)c1. The van der Waals surface area contributed by atoms with Gasteiger partial charge in [0, 0.05) is 22.3 Å². The van der Waals surface area contributed by atoms with Gasteiger partial charge in [0.05, 0.1) is 17.1 Å². The third-order valence-corrected chi connectivity index (χ3v) is 7.20. The number of thiazole rings is 1. The Morgan fingerprint density at radius 2 is 1.94 bits per heavy atom. The minimum atomic E-state index is -0.740. The van der Waals surface area contributed by atoms with E-state index in [1.807, 2.05) is 75.4 Å². The van der Waals surface area contributed by atoms with Crippen LogP contribution >= 0.6 is 11.3 Å². The lowest BCUT2D eigenvalue weighted by molar-refractivity contribution is -0.125. The number of pyridine rings is 1. The van der Waals surface area contributed by atoms with E-state index in [2.05, 4.69) is 10.3 Å². The maximum Gasteiger partial charge on any atom is 0.265 e. The zero-order valence-electron chi connectivity index (χ0n) is 20.5. The van der Waals surface area contributed by atoms with Gasteiger partial charge in [-0.1, -0.05) is 18.2 Å². The number of anilines is 2. The fraction of sp³-hybridized carbons (Fsp3) is 0.214. The summed E-state index contributed by atoms with van der Waals surface area (Å²) in [6.07, 6.45) is 1.75. The molecule has 4 aromatic rings. The van der Waals surface area contributed by atoms with Crippen LogP contribution in [0, 0.1) is 20.8 Å². The van der Waals surface area contributed by atoms with Crippen molar-refractivity contribution in [2.24, 2.45) is 0 Å². The van der Waals surface area contributed by atoms with Crippen molar-refractivity contribution in [3.8, 4) is 27.7 Å². The predicted molar refractivity (Wildman–Crippen MR) is 143 cm³/mol. The fourth-order valence-corrected chi connectivity index (χ4v) is 5.14. The molecule has 1 aliphatic heterocycles. The summed E-state index contributed by atoms with van der Waals surface area (Å²) >= 11 is 1.57. The molecule has 2 amide bonds. The number of hydrogen-bond acceptors (Lipinski definition) is 6. The van der Waals surface area contributed by atoms with Crippen LogP contribution in [0.2, 0.25) is 0 Å². The Bertz CT molecular complexity index is 1470. The zero-order valence-corrected chi connectivity index (χ0v) is 21.3. The molecule has 1 aliphatic rings.